The standard InChI is InChI=1S/C12H22N2O2/c13-12(6-2-1-3-7-12)10-11(15)14-8-4-5-9-16-14/h1-10,13H2. The third-order valence-electron chi connectivity index (χ3n) is 3.63. The van der Waals surface area contributed by atoms with Gasteiger partial charge in [-0.05, 0) is 25.7 Å². The fourth-order valence-corrected chi connectivity index (χ4v) is 2.62. The molecule has 0 spiro atoms. The van der Waals surface area contributed by atoms with Gasteiger partial charge < -0.3 is 5.73 Å². The molecule has 1 heterocycles. The quantitative estimate of drug-likeness (QED) is 0.778. The van der Waals surface area contributed by atoms with Gasteiger partial charge in [-0.2, -0.15) is 0 Å². The Labute approximate surface area is 97.1 Å². The van der Waals surface area contributed by atoms with Gasteiger partial charge in [-0.25, -0.2) is 5.06 Å². The lowest BCUT2D eigenvalue weighted by molar-refractivity contribution is -0.198. The molecule has 92 valence electrons. The summed E-state index contributed by atoms with van der Waals surface area (Å²) in [6, 6.07) is 0. The van der Waals surface area contributed by atoms with Crippen LogP contribution >= 0.6 is 0 Å². The number of hydroxylamine groups is 2. The Morgan fingerprint density at radius 3 is 2.56 bits per heavy atom. The molecule has 0 aromatic carbocycles. The first kappa shape index (κ1) is 11.9. The van der Waals surface area contributed by atoms with Gasteiger partial charge in [-0.3, -0.25) is 9.63 Å². The zero-order chi connectivity index (χ0) is 11.4. The largest absolute Gasteiger partial charge is 0.325 e. The molecule has 2 rings (SSSR count). The molecule has 2 N–H and O–H groups in total. The van der Waals surface area contributed by atoms with Gasteiger partial charge in [0.25, 0.3) is 0 Å². The van der Waals surface area contributed by atoms with E-state index in [9.17, 15) is 4.79 Å². The van der Waals surface area contributed by atoms with Crippen molar-refractivity contribution < 1.29 is 9.63 Å². The highest BCUT2D eigenvalue weighted by Gasteiger charge is 2.32. The van der Waals surface area contributed by atoms with E-state index in [-0.39, 0.29) is 11.4 Å². The molecule has 16 heavy (non-hydrogen) atoms. The first-order chi connectivity index (χ1) is 7.70. The van der Waals surface area contributed by atoms with Crippen molar-refractivity contribution in [2.75, 3.05) is 13.2 Å². The van der Waals surface area contributed by atoms with E-state index < -0.39 is 0 Å². The zero-order valence-electron chi connectivity index (χ0n) is 9.91. The lowest BCUT2D eigenvalue weighted by atomic mass is 9.80. The van der Waals surface area contributed by atoms with Crippen LogP contribution in [0.1, 0.15) is 51.4 Å². The highest BCUT2D eigenvalue weighted by atomic mass is 16.7. The number of hydrogen-bond donors (Lipinski definition) is 1. The molecule has 0 unspecified atom stereocenters. The van der Waals surface area contributed by atoms with Crippen LogP contribution in [0, 0.1) is 0 Å². The van der Waals surface area contributed by atoms with E-state index in [0.717, 1.165) is 45.1 Å². The van der Waals surface area contributed by atoms with Crippen LogP contribution in [0.25, 0.3) is 0 Å². The SMILES string of the molecule is NC1(CC(=O)N2CCCCO2)CCCCC1. The average Bonchev–Trinajstić information content (AvgIpc) is 2.30. The molecule has 1 saturated heterocycles. The molecule has 2 fully saturated rings. The van der Waals surface area contributed by atoms with Crippen molar-refractivity contribution in [1.82, 2.24) is 5.06 Å². The van der Waals surface area contributed by atoms with E-state index in [0.29, 0.717) is 13.0 Å². The second kappa shape index (κ2) is 5.15. The van der Waals surface area contributed by atoms with Gasteiger partial charge in [-0.1, -0.05) is 19.3 Å². The van der Waals surface area contributed by atoms with E-state index in [2.05, 4.69) is 0 Å². The Balaban J connectivity index is 1.85. The summed E-state index contributed by atoms with van der Waals surface area (Å²) in [4.78, 5) is 17.3. The molecular weight excluding hydrogens is 204 g/mol. The fourth-order valence-electron chi connectivity index (χ4n) is 2.62. The third-order valence-corrected chi connectivity index (χ3v) is 3.63. The van der Waals surface area contributed by atoms with E-state index in [1.165, 1.54) is 11.5 Å². The third kappa shape index (κ3) is 2.95. The van der Waals surface area contributed by atoms with Crippen LogP contribution < -0.4 is 5.73 Å². The van der Waals surface area contributed by atoms with Gasteiger partial charge >= 0.3 is 0 Å². The maximum absolute atomic E-state index is 12.0. The molecule has 1 amide bonds. The summed E-state index contributed by atoms with van der Waals surface area (Å²) in [5, 5.41) is 1.52. The summed E-state index contributed by atoms with van der Waals surface area (Å²) >= 11 is 0. The fraction of sp³-hybridized carbons (Fsp3) is 0.917. The Hall–Kier alpha value is -0.610. The minimum atomic E-state index is -0.268. The molecular formula is C12H22N2O2. The molecule has 1 aliphatic heterocycles. The predicted octanol–water partition coefficient (Wildman–Crippen LogP) is 1.59. The van der Waals surface area contributed by atoms with E-state index >= 15 is 0 Å². The second-order valence-corrected chi connectivity index (χ2v) is 5.14. The van der Waals surface area contributed by atoms with Crippen LogP contribution in [0.4, 0.5) is 0 Å². The normalized spacial score (nSPS) is 25.4. The highest BCUT2D eigenvalue weighted by molar-refractivity contribution is 5.76. The summed E-state index contributed by atoms with van der Waals surface area (Å²) in [7, 11) is 0. The molecule has 0 radical (unpaired) electrons. The smallest absolute Gasteiger partial charge is 0.247 e. The van der Waals surface area contributed by atoms with Crippen LogP contribution in [0.5, 0.6) is 0 Å². The first-order valence-corrected chi connectivity index (χ1v) is 6.42. The lowest BCUT2D eigenvalue weighted by Gasteiger charge is -2.35. The number of carbonyl (C=O) groups excluding carboxylic acids is 1. The molecule has 0 aromatic rings. The summed E-state index contributed by atoms with van der Waals surface area (Å²) in [6.07, 6.45) is 8.08. The van der Waals surface area contributed by atoms with E-state index in [4.69, 9.17) is 10.6 Å². The summed E-state index contributed by atoms with van der Waals surface area (Å²) in [6.45, 7) is 1.40. The van der Waals surface area contributed by atoms with Crippen molar-refractivity contribution in [3.05, 3.63) is 0 Å². The molecule has 0 bridgehead atoms. The Kier molecular flexibility index (Phi) is 3.82. The van der Waals surface area contributed by atoms with Crippen molar-refractivity contribution in [1.29, 1.82) is 0 Å². The molecule has 1 saturated carbocycles. The molecule has 0 aromatic heterocycles. The average molecular weight is 226 g/mol. The highest BCUT2D eigenvalue weighted by Crippen LogP contribution is 2.29. The molecule has 2 aliphatic rings. The van der Waals surface area contributed by atoms with E-state index in [1.54, 1.807) is 0 Å². The van der Waals surface area contributed by atoms with Crippen LogP contribution in [-0.4, -0.2) is 29.7 Å². The topological polar surface area (TPSA) is 55.6 Å². The number of carbonyl (C=O) groups is 1. The van der Waals surface area contributed by atoms with Gasteiger partial charge in [0.2, 0.25) is 5.91 Å². The van der Waals surface area contributed by atoms with Gasteiger partial charge in [-0.15, -0.1) is 0 Å². The Morgan fingerprint density at radius 2 is 1.94 bits per heavy atom. The Bertz CT molecular complexity index is 243. The minimum absolute atomic E-state index is 0.0732. The van der Waals surface area contributed by atoms with Crippen LogP contribution in [0.2, 0.25) is 0 Å². The summed E-state index contributed by atoms with van der Waals surface area (Å²) in [5.74, 6) is 0.0732. The monoisotopic (exact) mass is 226 g/mol. The zero-order valence-corrected chi connectivity index (χ0v) is 9.91. The molecule has 4 nitrogen and oxygen atoms in total. The van der Waals surface area contributed by atoms with Crippen molar-refractivity contribution >= 4 is 5.91 Å². The van der Waals surface area contributed by atoms with Crippen LogP contribution in [0.15, 0.2) is 0 Å². The van der Waals surface area contributed by atoms with Crippen LogP contribution in [-0.2, 0) is 9.63 Å². The van der Waals surface area contributed by atoms with Gasteiger partial charge in [0.15, 0.2) is 0 Å². The van der Waals surface area contributed by atoms with Crippen molar-refractivity contribution in [3.63, 3.8) is 0 Å². The minimum Gasteiger partial charge on any atom is -0.325 e. The van der Waals surface area contributed by atoms with Gasteiger partial charge in [0.05, 0.1) is 6.61 Å². The maximum Gasteiger partial charge on any atom is 0.247 e. The van der Waals surface area contributed by atoms with Gasteiger partial charge in [0, 0.05) is 18.5 Å². The first-order valence-electron chi connectivity index (χ1n) is 6.42. The van der Waals surface area contributed by atoms with Crippen molar-refractivity contribution in [3.8, 4) is 0 Å². The Morgan fingerprint density at radius 1 is 1.19 bits per heavy atom. The summed E-state index contributed by atoms with van der Waals surface area (Å²) in [5.41, 5.74) is 6.00. The second-order valence-electron chi connectivity index (χ2n) is 5.14. The molecule has 0 atom stereocenters. The predicted molar refractivity (Wildman–Crippen MR) is 61.5 cm³/mol. The molecule has 4 heteroatoms. The number of nitrogens with zero attached hydrogens (tertiary/aromatic N) is 1. The summed E-state index contributed by atoms with van der Waals surface area (Å²) < 4.78 is 0. The lowest BCUT2D eigenvalue weighted by Crippen LogP contribution is -2.47. The number of rotatable bonds is 2. The number of amides is 1. The van der Waals surface area contributed by atoms with Gasteiger partial charge in [0.1, 0.15) is 0 Å². The van der Waals surface area contributed by atoms with Crippen LogP contribution in [0.3, 0.4) is 0 Å². The number of nitrogens with two attached hydrogens (primary N) is 1. The van der Waals surface area contributed by atoms with E-state index in [1.807, 2.05) is 0 Å². The molecule has 1 aliphatic carbocycles. The maximum atomic E-state index is 12.0. The number of hydrogen-bond acceptors (Lipinski definition) is 3. The van der Waals surface area contributed by atoms with Crippen molar-refractivity contribution in [2.24, 2.45) is 5.73 Å². The van der Waals surface area contributed by atoms with Crippen molar-refractivity contribution in [2.45, 2.75) is 56.9 Å².